The molecule has 1 amide bonds. The number of ether oxygens (including phenoxy) is 1. The average Bonchev–Trinajstić information content (AvgIpc) is 2.61. The molecule has 2 rings (SSSR count). The third-order valence-corrected chi connectivity index (χ3v) is 5.71. The van der Waals surface area contributed by atoms with Gasteiger partial charge in [0.15, 0.2) is 6.61 Å². The van der Waals surface area contributed by atoms with E-state index in [4.69, 9.17) is 16.3 Å². The Morgan fingerprint density at radius 3 is 2.62 bits per heavy atom. The van der Waals surface area contributed by atoms with Crippen LogP contribution in [0.15, 0.2) is 51.8 Å². The standard InChI is InChI=1S/C17H18BrClN2O4S/c1-2-9-20-26(23,24)12-7-8-16(14(19)10-12)25-11-17(22)21-15-6-4-3-5-13(15)18/h3-8,10,20H,2,9,11H2,1H3,(H,21,22). The maximum atomic E-state index is 12.1. The maximum Gasteiger partial charge on any atom is 0.262 e. The highest BCUT2D eigenvalue weighted by atomic mass is 79.9. The third kappa shape index (κ3) is 5.70. The second kappa shape index (κ2) is 9.36. The van der Waals surface area contributed by atoms with Gasteiger partial charge in [0, 0.05) is 11.0 Å². The minimum absolute atomic E-state index is 0.0426. The fraction of sp³-hybridized carbons (Fsp3) is 0.235. The van der Waals surface area contributed by atoms with Crippen LogP contribution in [0.1, 0.15) is 13.3 Å². The number of carbonyl (C=O) groups excluding carboxylic acids is 1. The monoisotopic (exact) mass is 460 g/mol. The van der Waals surface area contributed by atoms with Crippen molar-refractivity contribution in [1.29, 1.82) is 0 Å². The van der Waals surface area contributed by atoms with E-state index in [1.54, 1.807) is 18.2 Å². The molecule has 0 spiro atoms. The number of rotatable bonds is 8. The summed E-state index contributed by atoms with van der Waals surface area (Å²) in [5, 5.41) is 2.81. The molecule has 0 radical (unpaired) electrons. The number of hydrogen-bond acceptors (Lipinski definition) is 4. The van der Waals surface area contributed by atoms with Gasteiger partial charge in [0.25, 0.3) is 5.91 Å². The number of para-hydroxylation sites is 1. The van der Waals surface area contributed by atoms with Crippen LogP contribution in [0.2, 0.25) is 5.02 Å². The van der Waals surface area contributed by atoms with Gasteiger partial charge in [0.1, 0.15) is 5.75 Å². The van der Waals surface area contributed by atoms with E-state index in [9.17, 15) is 13.2 Å². The average molecular weight is 462 g/mol. The molecule has 0 atom stereocenters. The number of anilines is 1. The summed E-state index contributed by atoms with van der Waals surface area (Å²) in [6.45, 7) is 1.94. The molecule has 0 aromatic heterocycles. The van der Waals surface area contributed by atoms with Crippen molar-refractivity contribution in [3.05, 3.63) is 52.0 Å². The number of amides is 1. The van der Waals surface area contributed by atoms with Gasteiger partial charge in [0.2, 0.25) is 10.0 Å². The molecular formula is C17H18BrClN2O4S. The van der Waals surface area contributed by atoms with Gasteiger partial charge in [-0.25, -0.2) is 13.1 Å². The molecule has 0 unspecified atom stereocenters. The lowest BCUT2D eigenvalue weighted by Crippen LogP contribution is -2.24. The predicted octanol–water partition coefficient (Wildman–Crippen LogP) is 3.81. The summed E-state index contributed by atoms with van der Waals surface area (Å²) in [4.78, 5) is 12.0. The van der Waals surface area contributed by atoms with Crippen molar-refractivity contribution in [2.75, 3.05) is 18.5 Å². The molecule has 9 heteroatoms. The molecule has 6 nitrogen and oxygen atoms in total. The Hall–Kier alpha value is -1.61. The quantitative estimate of drug-likeness (QED) is 0.626. The molecule has 140 valence electrons. The van der Waals surface area contributed by atoms with Gasteiger partial charge in [-0.15, -0.1) is 0 Å². The molecule has 2 aromatic rings. The zero-order chi connectivity index (χ0) is 19.2. The summed E-state index contributed by atoms with van der Waals surface area (Å²) >= 11 is 9.42. The molecule has 0 bridgehead atoms. The normalized spacial score (nSPS) is 11.2. The highest BCUT2D eigenvalue weighted by Crippen LogP contribution is 2.27. The number of carbonyl (C=O) groups is 1. The van der Waals surface area contributed by atoms with E-state index in [0.717, 1.165) is 4.47 Å². The minimum Gasteiger partial charge on any atom is -0.482 e. The topological polar surface area (TPSA) is 84.5 Å². The van der Waals surface area contributed by atoms with Crippen molar-refractivity contribution in [3.63, 3.8) is 0 Å². The first kappa shape index (κ1) is 20.7. The lowest BCUT2D eigenvalue weighted by molar-refractivity contribution is -0.118. The zero-order valence-corrected chi connectivity index (χ0v) is 17.1. The Bertz CT molecular complexity index is 890. The van der Waals surface area contributed by atoms with Gasteiger partial charge in [-0.1, -0.05) is 30.7 Å². The van der Waals surface area contributed by atoms with Crippen LogP contribution >= 0.6 is 27.5 Å². The molecule has 2 aromatic carbocycles. The fourth-order valence-corrected chi connectivity index (χ4v) is 3.82. The molecule has 0 saturated carbocycles. The van der Waals surface area contributed by atoms with Gasteiger partial charge in [-0.2, -0.15) is 0 Å². The minimum atomic E-state index is -3.61. The summed E-state index contributed by atoms with van der Waals surface area (Å²) in [6, 6.07) is 11.3. The van der Waals surface area contributed by atoms with E-state index < -0.39 is 10.0 Å². The van der Waals surface area contributed by atoms with E-state index in [-0.39, 0.29) is 28.2 Å². The number of benzene rings is 2. The van der Waals surface area contributed by atoms with E-state index in [1.807, 2.05) is 13.0 Å². The lowest BCUT2D eigenvalue weighted by Gasteiger charge is -2.11. The second-order valence-electron chi connectivity index (χ2n) is 5.31. The third-order valence-electron chi connectivity index (χ3n) is 3.26. The SMILES string of the molecule is CCCNS(=O)(=O)c1ccc(OCC(=O)Nc2ccccc2Br)c(Cl)c1. The van der Waals surface area contributed by atoms with Crippen LogP contribution in [0.3, 0.4) is 0 Å². The Morgan fingerprint density at radius 2 is 1.96 bits per heavy atom. The molecule has 0 aliphatic heterocycles. The summed E-state index contributed by atoms with van der Waals surface area (Å²) in [6.07, 6.45) is 0.681. The highest BCUT2D eigenvalue weighted by Gasteiger charge is 2.16. The molecule has 0 heterocycles. The predicted molar refractivity (Wildman–Crippen MR) is 105 cm³/mol. The summed E-state index contributed by atoms with van der Waals surface area (Å²) in [5.41, 5.74) is 0.621. The van der Waals surface area contributed by atoms with Gasteiger partial charge >= 0.3 is 0 Å². The van der Waals surface area contributed by atoms with Crippen LogP contribution in [-0.2, 0) is 14.8 Å². The van der Waals surface area contributed by atoms with Crippen molar-refractivity contribution in [2.24, 2.45) is 0 Å². The molecule has 0 aliphatic rings. The molecule has 26 heavy (non-hydrogen) atoms. The Kier molecular flexibility index (Phi) is 7.45. The van der Waals surface area contributed by atoms with Gasteiger partial charge < -0.3 is 10.1 Å². The summed E-state index contributed by atoms with van der Waals surface area (Å²) in [7, 11) is -3.61. The van der Waals surface area contributed by atoms with Crippen molar-refractivity contribution in [1.82, 2.24) is 4.72 Å². The first-order valence-corrected chi connectivity index (χ1v) is 10.5. The van der Waals surface area contributed by atoms with Crippen molar-refractivity contribution >= 4 is 49.1 Å². The summed E-state index contributed by atoms with van der Waals surface area (Å²) in [5.74, 6) is -0.141. The first-order valence-electron chi connectivity index (χ1n) is 7.80. The number of halogens is 2. The van der Waals surface area contributed by atoms with Gasteiger partial charge in [0.05, 0.1) is 15.6 Å². The molecular weight excluding hydrogens is 444 g/mol. The number of nitrogens with one attached hydrogen (secondary N) is 2. The van der Waals surface area contributed by atoms with Crippen LogP contribution in [0, 0.1) is 0 Å². The van der Waals surface area contributed by atoms with Crippen LogP contribution < -0.4 is 14.8 Å². The largest absolute Gasteiger partial charge is 0.482 e. The van der Waals surface area contributed by atoms with Gasteiger partial charge in [-0.3, -0.25) is 4.79 Å². The Balaban J connectivity index is 2.00. The van der Waals surface area contributed by atoms with E-state index in [1.165, 1.54) is 18.2 Å². The fourth-order valence-electron chi connectivity index (χ4n) is 1.98. The lowest BCUT2D eigenvalue weighted by atomic mass is 10.3. The van der Waals surface area contributed by atoms with E-state index >= 15 is 0 Å². The second-order valence-corrected chi connectivity index (χ2v) is 8.34. The van der Waals surface area contributed by atoms with Crippen molar-refractivity contribution in [3.8, 4) is 5.75 Å². The molecule has 2 N–H and O–H groups in total. The van der Waals surface area contributed by atoms with E-state index in [2.05, 4.69) is 26.0 Å². The van der Waals surface area contributed by atoms with Crippen LogP contribution in [0.4, 0.5) is 5.69 Å². The Labute approximate surface area is 166 Å². The van der Waals surface area contributed by atoms with Crippen LogP contribution in [-0.4, -0.2) is 27.5 Å². The van der Waals surface area contributed by atoms with Crippen molar-refractivity contribution in [2.45, 2.75) is 18.2 Å². The van der Waals surface area contributed by atoms with Crippen molar-refractivity contribution < 1.29 is 17.9 Å². The molecule has 0 fully saturated rings. The molecule has 0 aliphatic carbocycles. The Morgan fingerprint density at radius 1 is 1.23 bits per heavy atom. The smallest absolute Gasteiger partial charge is 0.262 e. The zero-order valence-electron chi connectivity index (χ0n) is 14.0. The summed E-state index contributed by atoms with van der Waals surface area (Å²) < 4.78 is 32.7. The van der Waals surface area contributed by atoms with Crippen LogP contribution in [0.5, 0.6) is 5.75 Å². The van der Waals surface area contributed by atoms with Crippen LogP contribution in [0.25, 0.3) is 0 Å². The maximum absolute atomic E-state index is 12.1. The first-order chi connectivity index (χ1) is 12.3. The number of sulfonamides is 1. The number of hydrogen-bond donors (Lipinski definition) is 2. The van der Waals surface area contributed by atoms with E-state index in [0.29, 0.717) is 18.7 Å². The van der Waals surface area contributed by atoms with Gasteiger partial charge in [-0.05, 0) is 52.7 Å². The molecule has 0 saturated heterocycles. The highest BCUT2D eigenvalue weighted by molar-refractivity contribution is 9.10.